The molecule has 0 bridgehead atoms. The number of anilines is 1. The van der Waals surface area contributed by atoms with Crippen LogP contribution in [0.15, 0.2) is 105 Å². The molecule has 2 atom stereocenters. The normalized spacial score (nSPS) is 18.3. The maximum Gasteiger partial charge on any atom is 0.338 e. The maximum atomic E-state index is 14.2. The largest absolute Gasteiger partial charge is 0.497 e. The van der Waals surface area contributed by atoms with E-state index in [9.17, 15) is 14.4 Å². The minimum atomic E-state index is -0.849. The van der Waals surface area contributed by atoms with Gasteiger partial charge in [-0.2, -0.15) is 10.1 Å². The van der Waals surface area contributed by atoms with E-state index in [1.807, 2.05) is 60.7 Å². The lowest BCUT2D eigenvalue weighted by atomic mass is 9.93. The van der Waals surface area contributed by atoms with E-state index in [0.717, 1.165) is 0 Å². The number of methoxy groups -OCH3 is 1. The molecule has 0 spiro atoms. The number of benzene rings is 3. The lowest BCUT2D eigenvalue weighted by molar-refractivity contribution is -0.138. The number of nitrogens with zero attached hydrogens (tertiary/aromatic N) is 4. The first kappa shape index (κ1) is 28.0. The molecule has 0 unspecified atom stereocenters. The summed E-state index contributed by atoms with van der Waals surface area (Å²) >= 11 is 1.17. The smallest absolute Gasteiger partial charge is 0.338 e. The van der Waals surface area contributed by atoms with Crippen LogP contribution < -0.4 is 24.6 Å². The van der Waals surface area contributed by atoms with Crippen LogP contribution in [0.5, 0.6) is 5.75 Å². The van der Waals surface area contributed by atoms with Crippen LogP contribution in [0.1, 0.15) is 31.0 Å². The van der Waals surface area contributed by atoms with Crippen LogP contribution in [-0.4, -0.2) is 35.9 Å². The fraction of sp³-hybridized carbons (Fsp3) is 0.182. The Morgan fingerprint density at radius 3 is 2.42 bits per heavy atom. The summed E-state index contributed by atoms with van der Waals surface area (Å²) in [6.45, 7) is 3.65. The summed E-state index contributed by atoms with van der Waals surface area (Å²) in [6.07, 6.45) is 1.65. The minimum absolute atomic E-state index is 0.153. The van der Waals surface area contributed by atoms with Crippen LogP contribution in [-0.2, 0) is 14.3 Å². The molecule has 0 saturated carbocycles. The zero-order chi connectivity index (χ0) is 30.1. The van der Waals surface area contributed by atoms with E-state index in [0.29, 0.717) is 43.3 Å². The van der Waals surface area contributed by atoms with Gasteiger partial charge in [-0.3, -0.25) is 14.2 Å². The summed E-state index contributed by atoms with van der Waals surface area (Å²) in [4.78, 5) is 46.5. The van der Waals surface area contributed by atoms with Gasteiger partial charge in [0.25, 0.3) is 11.5 Å². The topological polar surface area (TPSA) is 103 Å². The number of rotatable bonds is 7. The second kappa shape index (κ2) is 11.7. The van der Waals surface area contributed by atoms with Gasteiger partial charge in [0.1, 0.15) is 11.7 Å². The summed E-state index contributed by atoms with van der Waals surface area (Å²) in [5, 5.41) is 5.84. The van der Waals surface area contributed by atoms with Crippen molar-refractivity contribution in [3.05, 3.63) is 121 Å². The molecule has 10 heteroatoms. The first-order chi connectivity index (χ1) is 20.9. The molecule has 0 N–H and O–H groups in total. The van der Waals surface area contributed by atoms with Crippen molar-refractivity contribution in [1.82, 2.24) is 4.57 Å². The van der Waals surface area contributed by atoms with Crippen LogP contribution in [0.4, 0.5) is 5.69 Å². The molecule has 6 rings (SSSR count). The van der Waals surface area contributed by atoms with Crippen molar-refractivity contribution in [2.75, 3.05) is 18.7 Å². The van der Waals surface area contributed by atoms with Gasteiger partial charge in [-0.25, -0.2) is 9.79 Å². The van der Waals surface area contributed by atoms with Gasteiger partial charge in [-0.1, -0.05) is 72.0 Å². The van der Waals surface area contributed by atoms with E-state index < -0.39 is 17.9 Å². The fourth-order valence-electron chi connectivity index (χ4n) is 5.26. The molecule has 0 saturated heterocycles. The quantitative estimate of drug-likeness (QED) is 0.303. The van der Waals surface area contributed by atoms with Crippen molar-refractivity contribution < 1.29 is 19.1 Å². The molecule has 2 aliphatic rings. The Bertz CT molecular complexity index is 1960. The molecular formula is C33H28N4O5S. The maximum absolute atomic E-state index is 14.2. The number of ether oxygens (including phenoxy) is 2. The molecule has 0 fully saturated rings. The first-order valence-corrected chi connectivity index (χ1v) is 14.6. The zero-order valence-electron chi connectivity index (χ0n) is 23.8. The third kappa shape index (κ3) is 5.10. The number of esters is 1. The molecule has 2 aliphatic heterocycles. The van der Waals surface area contributed by atoms with Crippen LogP contribution in [0.2, 0.25) is 0 Å². The molecule has 216 valence electrons. The number of carbonyl (C=O) groups is 2. The molecule has 4 aromatic rings. The van der Waals surface area contributed by atoms with Gasteiger partial charge in [0.05, 0.1) is 47.0 Å². The highest BCUT2D eigenvalue weighted by atomic mass is 32.1. The van der Waals surface area contributed by atoms with Gasteiger partial charge in [0, 0.05) is 5.56 Å². The number of hydrazone groups is 1. The Kier molecular flexibility index (Phi) is 7.60. The highest BCUT2D eigenvalue weighted by molar-refractivity contribution is 7.07. The molecule has 43 heavy (non-hydrogen) atoms. The van der Waals surface area contributed by atoms with Crippen LogP contribution in [0.3, 0.4) is 0 Å². The van der Waals surface area contributed by atoms with E-state index in [1.165, 1.54) is 20.9 Å². The highest BCUT2D eigenvalue weighted by Crippen LogP contribution is 2.36. The summed E-state index contributed by atoms with van der Waals surface area (Å²) in [7, 11) is 1.56. The third-order valence-electron chi connectivity index (χ3n) is 7.28. The van der Waals surface area contributed by atoms with Crippen molar-refractivity contribution in [3.63, 3.8) is 0 Å². The highest BCUT2D eigenvalue weighted by Gasteiger charge is 2.37. The summed E-state index contributed by atoms with van der Waals surface area (Å²) in [6, 6.07) is 24.9. The number of fused-ring (bicyclic) bond motifs is 1. The van der Waals surface area contributed by atoms with Crippen LogP contribution in [0.25, 0.3) is 11.8 Å². The van der Waals surface area contributed by atoms with Crippen molar-refractivity contribution in [3.8, 4) is 5.75 Å². The average Bonchev–Trinajstić information content (AvgIpc) is 3.51. The van der Waals surface area contributed by atoms with Crippen molar-refractivity contribution in [2.24, 2.45) is 16.0 Å². The molecule has 3 heterocycles. The molecule has 0 radical (unpaired) electrons. The van der Waals surface area contributed by atoms with E-state index in [4.69, 9.17) is 14.5 Å². The van der Waals surface area contributed by atoms with Gasteiger partial charge in [0.15, 0.2) is 4.80 Å². The number of hydrogen-bond donors (Lipinski definition) is 0. The van der Waals surface area contributed by atoms with Gasteiger partial charge in [-0.05, 0) is 49.8 Å². The number of amides is 1. The van der Waals surface area contributed by atoms with E-state index >= 15 is 0 Å². The number of para-hydroxylation sites is 1. The number of hydrogen-bond acceptors (Lipinski definition) is 8. The first-order valence-electron chi connectivity index (χ1n) is 13.8. The molecule has 1 aromatic heterocycles. The molecule has 3 aromatic carbocycles. The predicted molar refractivity (Wildman–Crippen MR) is 165 cm³/mol. The second-order valence-electron chi connectivity index (χ2n) is 9.94. The lowest BCUT2D eigenvalue weighted by Crippen LogP contribution is -2.40. The van der Waals surface area contributed by atoms with Crippen LogP contribution in [0, 0.1) is 5.92 Å². The zero-order valence-corrected chi connectivity index (χ0v) is 24.6. The van der Waals surface area contributed by atoms with Gasteiger partial charge in [0.2, 0.25) is 0 Å². The summed E-state index contributed by atoms with van der Waals surface area (Å²) < 4.78 is 12.8. The van der Waals surface area contributed by atoms with Gasteiger partial charge >= 0.3 is 5.97 Å². The Morgan fingerprint density at radius 2 is 1.72 bits per heavy atom. The number of thiazole rings is 1. The molecular weight excluding hydrogens is 564 g/mol. The Morgan fingerprint density at radius 1 is 1.00 bits per heavy atom. The monoisotopic (exact) mass is 592 g/mol. The van der Waals surface area contributed by atoms with Crippen molar-refractivity contribution >= 4 is 46.4 Å². The summed E-state index contributed by atoms with van der Waals surface area (Å²) in [5.74, 6) is -0.976. The Labute approximate surface area is 251 Å². The second-order valence-corrected chi connectivity index (χ2v) is 10.9. The standard InChI is InChI=1S/C33H28N4O5S/c1-4-42-32(40)27-28(21-12-7-5-8-13-21)34-33-36(29(27)22-14-11-17-24(18-22)41-3)31(39)26(43-33)19-25-20(2)35-37(30(25)38)23-15-9-6-10-16-23/h5-19,25,29H,4H2,1-3H3/b26-19+/t25-,29+/m0/s1. The van der Waals surface area contributed by atoms with Crippen LogP contribution >= 0.6 is 11.3 Å². The third-order valence-corrected chi connectivity index (χ3v) is 8.29. The Hall–Kier alpha value is -5.09. The van der Waals surface area contributed by atoms with Gasteiger partial charge in [-0.15, -0.1) is 0 Å². The Balaban J connectivity index is 1.56. The fourth-order valence-corrected chi connectivity index (χ4v) is 6.27. The SMILES string of the molecule is CCOC(=O)C1=C(c2ccccc2)N=c2s/c(=C/[C@@H]3C(=O)N(c4ccccc4)N=C3C)c(=O)n2[C@@H]1c1cccc(OC)c1. The van der Waals surface area contributed by atoms with Crippen molar-refractivity contribution in [1.29, 1.82) is 0 Å². The van der Waals surface area contributed by atoms with E-state index in [-0.39, 0.29) is 23.6 Å². The molecule has 0 aliphatic carbocycles. The van der Waals surface area contributed by atoms with Gasteiger partial charge < -0.3 is 9.47 Å². The minimum Gasteiger partial charge on any atom is -0.497 e. The summed E-state index contributed by atoms with van der Waals surface area (Å²) in [5.41, 5.74) is 2.88. The van der Waals surface area contributed by atoms with E-state index in [1.54, 1.807) is 51.3 Å². The number of aromatic nitrogens is 1. The number of carbonyl (C=O) groups excluding carboxylic acids is 2. The van der Waals surface area contributed by atoms with E-state index in [2.05, 4.69) is 5.10 Å². The molecule has 1 amide bonds. The van der Waals surface area contributed by atoms with Crippen molar-refractivity contribution in [2.45, 2.75) is 19.9 Å². The molecule has 9 nitrogen and oxygen atoms in total. The predicted octanol–water partition coefficient (Wildman–Crippen LogP) is 3.93. The average molecular weight is 593 g/mol. The lowest BCUT2D eigenvalue weighted by Gasteiger charge is -2.26.